The third kappa shape index (κ3) is 3.78. The zero-order valence-electron chi connectivity index (χ0n) is 14.7. The number of aryl methyl sites for hydroxylation is 1. The van der Waals surface area contributed by atoms with Gasteiger partial charge in [-0.2, -0.15) is 4.98 Å². The van der Waals surface area contributed by atoms with Gasteiger partial charge in [0, 0.05) is 17.9 Å². The Morgan fingerprint density at radius 3 is 2.92 bits per heavy atom. The summed E-state index contributed by atoms with van der Waals surface area (Å²) in [4.78, 5) is 32.2. The van der Waals surface area contributed by atoms with Gasteiger partial charge in [0.2, 0.25) is 0 Å². The van der Waals surface area contributed by atoms with Crippen molar-refractivity contribution in [1.82, 2.24) is 24.9 Å². The van der Waals surface area contributed by atoms with Gasteiger partial charge in [-0.25, -0.2) is 14.3 Å². The van der Waals surface area contributed by atoms with Crippen molar-refractivity contribution in [2.45, 2.75) is 46.1 Å². The molecule has 3 atom stereocenters. The first kappa shape index (κ1) is 17.3. The lowest BCUT2D eigenvalue weighted by Crippen LogP contribution is -2.45. The van der Waals surface area contributed by atoms with Gasteiger partial charge in [-0.1, -0.05) is 26.7 Å². The summed E-state index contributed by atoms with van der Waals surface area (Å²) in [5.74, 6) is 0.195. The smallest absolute Gasteiger partial charge is 0.378 e. The van der Waals surface area contributed by atoms with Gasteiger partial charge >= 0.3 is 5.97 Å². The SMILES string of the molecule is Cc1ccnc2nc(C(=O)OCC(=O)N[C@@H]3CCC[C@H](C)[C@@H]3C)nn12. The van der Waals surface area contributed by atoms with Crippen LogP contribution in [0.4, 0.5) is 0 Å². The van der Waals surface area contributed by atoms with Gasteiger partial charge in [0.15, 0.2) is 6.61 Å². The fraction of sp³-hybridized carbons (Fsp3) is 0.588. The predicted octanol–water partition coefficient (Wildman–Crippen LogP) is 1.53. The summed E-state index contributed by atoms with van der Waals surface area (Å²) < 4.78 is 6.51. The second kappa shape index (κ2) is 7.16. The zero-order valence-corrected chi connectivity index (χ0v) is 14.7. The molecule has 2 aromatic rings. The minimum Gasteiger partial charge on any atom is -0.450 e. The van der Waals surface area contributed by atoms with E-state index in [-0.39, 0.29) is 24.4 Å². The fourth-order valence-electron chi connectivity index (χ4n) is 3.22. The number of carbonyl (C=O) groups excluding carboxylic acids is 2. The van der Waals surface area contributed by atoms with Crippen molar-refractivity contribution in [2.75, 3.05) is 6.61 Å². The molecule has 0 radical (unpaired) electrons. The molecule has 0 aromatic carbocycles. The van der Waals surface area contributed by atoms with Crippen LogP contribution in [0.3, 0.4) is 0 Å². The lowest BCUT2D eigenvalue weighted by molar-refractivity contribution is -0.125. The molecule has 25 heavy (non-hydrogen) atoms. The third-order valence-electron chi connectivity index (χ3n) is 5.00. The Bertz CT molecular complexity index is 788. The Morgan fingerprint density at radius 1 is 1.36 bits per heavy atom. The van der Waals surface area contributed by atoms with Crippen molar-refractivity contribution >= 4 is 17.7 Å². The van der Waals surface area contributed by atoms with Gasteiger partial charge in [-0.15, -0.1) is 5.10 Å². The molecule has 1 saturated carbocycles. The van der Waals surface area contributed by atoms with Crippen LogP contribution < -0.4 is 5.32 Å². The molecule has 0 unspecified atom stereocenters. The highest BCUT2D eigenvalue weighted by Gasteiger charge is 2.28. The van der Waals surface area contributed by atoms with Crippen LogP contribution in [-0.4, -0.2) is 44.1 Å². The maximum Gasteiger partial charge on any atom is 0.378 e. The molecule has 3 rings (SSSR count). The molecule has 2 heterocycles. The number of nitrogens with zero attached hydrogens (tertiary/aromatic N) is 4. The van der Waals surface area contributed by atoms with Gasteiger partial charge in [0.1, 0.15) is 0 Å². The number of nitrogens with one attached hydrogen (secondary N) is 1. The van der Waals surface area contributed by atoms with E-state index in [2.05, 4.69) is 34.2 Å². The quantitative estimate of drug-likeness (QED) is 0.844. The normalized spacial score (nSPS) is 23.4. The lowest BCUT2D eigenvalue weighted by atomic mass is 9.78. The first-order valence-electron chi connectivity index (χ1n) is 8.60. The monoisotopic (exact) mass is 345 g/mol. The van der Waals surface area contributed by atoms with Crippen LogP contribution >= 0.6 is 0 Å². The van der Waals surface area contributed by atoms with Crippen LogP contribution in [0.5, 0.6) is 0 Å². The van der Waals surface area contributed by atoms with Crippen LogP contribution in [0.25, 0.3) is 5.78 Å². The van der Waals surface area contributed by atoms with Crippen LogP contribution in [0.1, 0.15) is 49.4 Å². The highest BCUT2D eigenvalue weighted by molar-refractivity contribution is 5.88. The van der Waals surface area contributed by atoms with Gasteiger partial charge in [0.25, 0.3) is 17.5 Å². The molecule has 1 amide bonds. The minimum absolute atomic E-state index is 0.103. The van der Waals surface area contributed by atoms with E-state index in [0.29, 0.717) is 17.6 Å². The molecule has 1 fully saturated rings. The first-order valence-corrected chi connectivity index (χ1v) is 8.60. The van der Waals surface area contributed by atoms with Crippen molar-refractivity contribution < 1.29 is 14.3 Å². The Kier molecular flexibility index (Phi) is 4.96. The Labute approximate surface area is 146 Å². The Hall–Kier alpha value is -2.51. The summed E-state index contributed by atoms with van der Waals surface area (Å²) in [7, 11) is 0. The van der Waals surface area contributed by atoms with E-state index >= 15 is 0 Å². The second-order valence-corrected chi connectivity index (χ2v) is 6.75. The van der Waals surface area contributed by atoms with Gasteiger partial charge < -0.3 is 10.1 Å². The maximum atomic E-state index is 12.1. The van der Waals surface area contributed by atoms with Crippen LogP contribution in [-0.2, 0) is 9.53 Å². The molecular formula is C17H23N5O3. The molecular weight excluding hydrogens is 322 g/mol. The average molecular weight is 345 g/mol. The van der Waals surface area contributed by atoms with Crippen molar-refractivity contribution in [1.29, 1.82) is 0 Å². The number of hydrogen-bond donors (Lipinski definition) is 1. The van der Waals surface area contributed by atoms with E-state index in [0.717, 1.165) is 18.5 Å². The standard InChI is InChI=1S/C17H23N5O3/c1-10-5-4-6-13(12(10)3)19-14(23)9-25-16(24)15-20-17-18-8-7-11(2)22(17)21-15/h7-8,10,12-13H,4-6,9H2,1-3H3,(H,19,23)/t10-,12-,13+/m0/s1. The molecule has 1 N–H and O–H groups in total. The minimum atomic E-state index is -0.731. The van der Waals surface area contributed by atoms with Gasteiger partial charge in [-0.05, 0) is 31.2 Å². The van der Waals surface area contributed by atoms with Crippen LogP contribution in [0.15, 0.2) is 12.3 Å². The van der Waals surface area contributed by atoms with E-state index in [1.54, 1.807) is 12.3 Å². The molecule has 2 aromatic heterocycles. The molecule has 0 bridgehead atoms. The van der Waals surface area contributed by atoms with Crippen molar-refractivity contribution in [3.05, 3.63) is 23.8 Å². The molecule has 8 heteroatoms. The number of fused-ring (bicyclic) bond motifs is 1. The van der Waals surface area contributed by atoms with E-state index in [4.69, 9.17) is 4.74 Å². The number of esters is 1. The third-order valence-corrected chi connectivity index (χ3v) is 5.00. The van der Waals surface area contributed by atoms with Crippen LogP contribution in [0.2, 0.25) is 0 Å². The molecule has 0 aliphatic heterocycles. The zero-order chi connectivity index (χ0) is 18.0. The number of rotatable bonds is 4. The summed E-state index contributed by atoms with van der Waals surface area (Å²) >= 11 is 0. The van der Waals surface area contributed by atoms with E-state index in [1.165, 1.54) is 10.9 Å². The largest absolute Gasteiger partial charge is 0.450 e. The lowest BCUT2D eigenvalue weighted by Gasteiger charge is -2.34. The van der Waals surface area contributed by atoms with Crippen LogP contribution in [0, 0.1) is 18.8 Å². The number of hydrogen-bond acceptors (Lipinski definition) is 6. The maximum absolute atomic E-state index is 12.1. The summed E-state index contributed by atoms with van der Waals surface area (Å²) in [6.07, 6.45) is 4.85. The number of carbonyl (C=O) groups is 2. The summed E-state index contributed by atoms with van der Waals surface area (Å²) in [6.45, 7) is 5.85. The van der Waals surface area contributed by atoms with E-state index < -0.39 is 5.97 Å². The fourth-order valence-corrected chi connectivity index (χ4v) is 3.22. The summed E-state index contributed by atoms with van der Waals surface area (Å²) in [6, 6.07) is 1.89. The van der Waals surface area contributed by atoms with Gasteiger partial charge in [-0.3, -0.25) is 4.79 Å². The summed E-state index contributed by atoms with van der Waals surface area (Å²) in [5.41, 5.74) is 0.801. The van der Waals surface area contributed by atoms with E-state index in [1.807, 2.05) is 6.92 Å². The van der Waals surface area contributed by atoms with Gasteiger partial charge in [0.05, 0.1) is 0 Å². The highest BCUT2D eigenvalue weighted by atomic mass is 16.5. The number of aromatic nitrogens is 4. The Balaban J connectivity index is 1.56. The molecule has 1 aliphatic rings. The molecule has 1 aliphatic carbocycles. The predicted molar refractivity (Wildman–Crippen MR) is 89.9 cm³/mol. The number of ether oxygens (including phenoxy) is 1. The highest BCUT2D eigenvalue weighted by Crippen LogP contribution is 2.29. The Morgan fingerprint density at radius 2 is 2.16 bits per heavy atom. The van der Waals surface area contributed by atoms with E-state index in [9.17, 15) is 9.59 Å². The van der Waals surface area contributed by atoms with Crippen molar-refractivity contribution in [3.63, 3.8) is 0 Å². The summed E-state index contributed by atoms with van der Waals surface area (Å²) in [5, 5.41) is 7.03. The average Bonchev–Trinajstić information content (AvgIpc) is 3.03. The molecule has 0 saturated heterocycles. The van der Waals surface area contributed by atoms with Crippen molar-refractivity contribution in [2.24, 2.45) is 11.8 Å². The topological polar surface area (TPSA) is 98.5 Å². The molecule has 8 nitrogen and oxygen atoms in total. The molecule has 0 spiro atoms. The first-order chi connectivity index (χ1) is 12.0. The second-order valence-electron chi connectivity index (χ2n) is 6.75. The van der Waals surface area contributed by atoms with Crippen molar-refractivity contribution in [3.8, 4) is 0 Å². The number of amides is 1. The molecule has 134 valence electrons.